The topological polar surface area (TPSA) is 38.0 Å². The predicted molar refractivity (Wildman–Crippen MR) is 307 cm³/mol. The van der Waals surface area contributed by atoms with Crippen molar-refractivity contribution in [2.45, 2.75) is 40.0 Å². The lowest BCUT2D eigenvalue weighted by Crippen LogP contribution is -2.55. The van der Waals surface area contributed by atoms with E-state index in [4.69, 9.17) is 4.98 Å². The van der Waals surface area contributed by atoms with Gasteiger partial charge in [-0.05, 0) is 115 Å². The Morgan fingerprint density at radius 3 is 1.77 bits per heavy atom. The van der Waals surface area contributed by atoms with E-state index in [9.17, 15) is 0 Å². The standard InChI is InChI=1S/C66H52BN7/c1-44-21-18-22-45(2)64(44)67-73(48-25-10-7-11-26-48)61-41-54-52-30-13-15-33-56(52)72(63-39-46(37-38-68-63)66(3,4)5)60(54)42-62(61)74(67)50-28-19-27-49(40-50)69-43-70(58-35-17-16-34-57(58)69)59-36-20-31-53-51-29-12-14-32-55(51)71(65(53)59)47-23-8-6-9-24-47/h6-42H,1-5H3. The lowest BCUT2D eigenvalue weighted by molar-refractivity contribution is -0.571. The zero-order chi connectivity index (χ0) is 49.8. The summed E-state index contributed by atoms with van der Waals surface area (Å²) in [4.78, 5) is 10.2. The summed E-state index contributed by atoms with van der Waals surface area (Å²) >= 11 is 0. The van der Waals surface area contributed by atoms with Crippen molar-refractivity contribution in [3.05, 3.63) is 248 Å². The number of aromatic nitrogens is 5. The smallest absolute Gasteiger partial charge is 0.360 e. The van der Waals surface area contributed by atoms with Crippen LogP contribution in [0.1, 0.15) is 37.5 Å². The fraction of sp³-hybridized carbons (Fsp3) is 0.0909. The van der Waals surface area contributed by atoms with E-state index in [0.717, 1.165) is 73.2 Å². The van der Waals surface area contributed by atoms with Gasteiger partial charge < -0.3 is 14.2 Å². The monoisotopic (exact) mass is 953 g/mol. The lowest BCUT2D eigenvalue weighted by atomic mass is 9.61. The molecule has 0 aliphatic carbocycles. The van der Waals surface area contributed by atoms with Crippen LogP contribution < -0.4 is 19.7 Å². The van der Waals surface area contributed by atoms with Gasteiger partial charge in [0.1, 0.15) is 5.82 Å². The summed E-state index contributed by atoms with van der Waals surface area (Å²) < 4.78 is 9.26. The van der Waals surface area contributed by atoms with Crippen LogP contribution in [0.25, 0.3) is 77.5 Å². The normalized spacial score (nSPS) is 12.9. The highest BCUT2D eigenvalue weighted by molar-refractivity contribution is 6.85. The first-order valence-corrected chi connectivity index (χ1v) is 25.6. The molecule has 0 amide bonds. The predicted octanol–water partition coefficient (Wildman–Crippen LogP) is 14.9. The molecule has 354 valence electrons. The van der Waals surface area contributed by atoms with Crippen LogP contribution in [0.4, 0.5) is 22.7 Å². The fourth-order valence-corrected chi connectivity index (χ4v) is 11.9. The van der Waals surface area contributed by atoms with Crippen LogP contribution in [-0.2, 0) is 5.41 Å². The average molecular weight is 954 g/mol. The molecule has 0 unspecified atom stereocenters. The van der Waals surface area contributed by atoms with Gasteiger partial charge >= 0.3 is 6.98 Å². The Balaban J connectivity index is 1.02. The van der Waals surface area contributed by atoms with Gasteiger partial charge in [0.2, 0.25) is 0 Å². The third-order valence-electron chi connectivity index (χ3n) is 15.3. The Kier molecular flexibility index (Phi) is 9.86. The van der Waals surface area contributed by atoms with Crippen LogP contribution in [0.15, 0.2) is 225 Å². The first kappa shape index (κ1) is 43.6. The summed E-state index contributed by atoms with van der Waals surface area (Å²) in [6, 6.07) is 79.4. The number of hydrogen-bond acceptors (Lipinski definition) is 3. The number of fused-ring (bicyclic) bond motifs is 8. The number of rotatable bonds is 7. The third kappa shape index (κ3) is 6.67. The zero-order valence-corrected chi connectivity index (χ0v) is 42.1. The molecule has 0 saturated heterocycles. The molecule has 13 aromatic rings. The van der Waals surface area contributed by atoms with E-state index in [1.807, 2.05) is 6.20 Å². The molecule has 1 aliphatic heterocycles. The molecule has 5 heterocycles. The summed E-state index contributed by atoms with van der Waals surface area (Å²) in [5.74, 6) is 0.907. The molecule has 9 aromatic carbocycles. The van der Waals surface area contributed by atoms with E-state index < -0.39 is 0 Å². The second-order valence-electron chi connectivity index (χ2n) is 20.8. The molecule has 4 aromatic heterocycles. The van der Waals surface area contributed by atoms with Crippen LogP contribution in [0, 0.1) is 20.2 Å². The van der Waals surface area contributed by atoms with E-state index in [-0.39, 0.29) is 12.4 Å². The number of aryl methyl sites for hydroxylation is 2. The largest absolute Gasteiger partial charge is 0.421 e. The van der Waals surface area contributed by atoms with E-state index in [1.54, 1.807) is 0 Å². The Morgan fingerprint density at radius 1 is 0.459 bits per heavy atom. The van der Waals surface area contributed by atoms with Gasteiger partial charge in [-0.1, -0.05) is 165 Å². The maximum Gasteiger partial charge on any atom is 0.421 e. The molecule has 14 rings (SSSR count). The molecule has 0 radical (unpaired) electrons. The third-order valence-corrected chi connectivity index (χ3v) is 15.3. The molecular formula is C66H52BN7. The molecule has 8 heteroatoms. The van der Waals surface area contributed by atoms with E-state index in [1.165, 1.54) is 49.2 Å². The SMILES string of the molecule is Cc1cccc(C)c1B1N(c2ccccc2)c2cc3c4ccccc4n(-c4cc(C(C)(C)C)ccn4)c3cc2N1c1cccc(-n2[c-][n+](-c3cccc4c5ccccc5n(-c5ccccc5)c34)c3ccccc32)c1. The van der Waals surface area contributed by atoms with Gasteiger partial charge in [-0.25, -0.2) is 4.98 Å². The van der Waals surface area contributed by atoms with Crippen molar-refractivity contribution in [1.29, 1.82) is 0 Å². The Morgan fingerprint density at radius 2 is 1.03 bits per heavy atom. The first-order chi connectivity index (χ1) is 36.2. The second-order valence-corrected chi connectivity index (χ2v) is 20.8. The maximum atomic E-state index is 5.09. The molecular weight excluding hydrogens is 902 g/mol. The van der Waals surface area contributed by atoms with Crippen LogP contribution >= 0.6 is 0 Å². The van der Waals surface area contributed by atoms with Gasteiger partial charge in [-0.15, -0.1) is 0 Å². The molecule has 0 N–H and O–H groups in total. The summed E-state index contributed by atoms with van der Waals surface area (Å²) in [7, 11) is 0. The van der Waals surface area contributed by atoms with Crippen molar-refractivity contribution >= 4 is 89.8 Å². The van der Waals surface area contributed by atoms with Gasteiger partial charge in [-0.3, -0.25) is 13.7 Å². The van der Waals surface area contributed by atoms with Crippen LogP contribution in [0.5, 0.6) is 0 Å². The molecule has 0 bridgehead atoms. The number of anilines is 4. The number of para-hydroxylation sites is 7. The van der Waals surface area contributed by atoms with E-state index >= 15 is 0 Å². The highest BCUT2D eigenvalue weighted by Gasteiger charge is 2.45. The number of benzene rings is 9. The number of imidazole rings is 1. The summed E-state index contributed by atoms with van der Waals surface area (Å²) in [6.07, 6.45) is 5.89. The molecule has 0 atom stereocenters. The lowest BCUT2D eigenvalue weighted by Gasteiger charge is -2.32. The quantitative estimate of drug-likeness (QED) is 0.0908. The summed E-state index contributed by atoms with van der Waals surface area (Å²) in [6.45, 7) is 11.1. The first-order valence-electron chi connectivity index (χ1n) is 25.6. The van der Waals surface area contributed by atoms with Crippen LogP contribution in [0.3, 0.4) is 0 Å². The van der Waals surface area contributed by atoms with Crippen LogP contribution in [0.2, 0.25) is 0 Å². The van der Waals surface area contributed by atoms with Crippen molar-refractivity contribution in [2.75, 3.05) is 9.62 Å². The van der Waals surface area contributed by atoms with Gasteiger partial charge in [0.25, 0.3) is 6.33 Å². The number of hydrogen-bond donors (Lipinski definition) is 0. The highest BCUT2D eigenvalue weighted by Crippen LogP contribution is 2.50. The fourth-order valence-electron chi connectivity index (χ4n) is 11.9. The minimum Gasteiger partial charge on any atom is -0.360 e. The second kappa shape index (κ2) is 16.7. The van der Waals surface area contributed by atoms with Crippen LogP contribution in [-0.4, -0.2) is 25.7 Å². The Labute approximate surface area is 431 Å². The molecule has 7 nitrogen and oxygen atoms in total. The summed E-state index contributed by atoms with van der Waals surface area (Å²) in [5.41, 5.74) is 19.2. The van der Waals surface area contributed by atoms with Gasteiger partial charge in [-0.2, -0.15) is 0 Å². The van der Waals surface area contributed by atoms with Crippen molar-refractivity contribution in [3.63, 3.8) is 0 Å². The summed E-state index contributed by atoms with van der Waals surface area (Å²) in [5, 5.41) is 4.78. The molecule has 0 spiro atoms. The van der Waals surface area contributed by atoms with E-state index in [2.05, 4.69) is 287 Å². The molecule has 1 aliphatic rings. The highest BCUT2D eigenvalue weighted by atomic mass is 15.3. The van der Waals surface area contributed by atoms with Crippen molar-refractivity contribution in [3.8, 4) is 22.9 Å². The number of nitrogens with zero attached hydrogens (tertiary/aromatic N) is 7. The molecule has 0 saturated carbocycles. The van der Waals surface area contributed by atoms with Crippen molar-refractivity contribution in [1.82, 2.24) is 18.7 Å². The van der Waals surface area contributed by atoms with Crippen molar-refractivity contribution < 1.29 is 4.57 Å². The molecule has 74 heavy (non-hydrogen) atoms. The number of pyridine rings is 1. The minimum atomic E-state index is -0.231. The van der Waals surface area contributed by atoms with Crippen molar-refractivity contribution in [2.24, 2.45) is 0 Å². The van der Waals surface area contributed by atoms with Gasteiger partial charge in [0.15, 0.2) is 0 Å². The molecule has 0 fully saturated rings. The maximum absolute atomic E-state index is 5.09. The zero-order valence-electron chi connectivity index (χ0n) is 42.1. The van der Waals surface area contributed by atoms with Gasteiger partial charge in [0.05, 0.1) is 55.8 Å². The Hall–Kier alpha value is -9.14. The van der Waals surface area contributed by atoms with Gasteiger partial charge in [0, 0.05) is 44.8 Å². The average Bonchev–Trinajstić information content (AvgIpc) is 4.26. The van der Waals surface area contributed by atoms with E-state index in [0.29, 0.717) is 0 Å². The minimum absolute atomic E-state index is 0.0500. The Bertz CT molecular complexity index is 4330.